The number of fused-ring (bicyclic) bond motifs is 3. The van der Waals surface area contributed by atoms with Crippen LogP contribution in [-0.2, 0) is 13.1 Å². The molecule has 0 saturated heterocycles. The Morgan fingerprint density at radius 2 is 1.76 bits per heavy atom. The van der Waals surface area contributed by atoms with Crippen LogP contribution in [-0.4, -0.2) is 28.2 Å². The quantitative estimate of drug-likeness (QED) is 0.693. The van der Waals surface area contributed by atoms with Crippen molar-refractivity contribution in [3.63, 3.8) is 0 Å². The molecule has 6 heteroatoms. The van der Waals surface area contributed by atoms with Gasteiger partial charge in [-0.15, -0.1) is 0 Å². The number of urea groups is 1. The van der Waals surface area contributed by atoms with Crippen molar-refractivity contribution in [1.82, 2.24) is 14.9 Å². The van der Waals surface area contributed by atoms with Crippen molar-refractivity contribution < 1.29 is 4.79 Å². The number of anilines is 2. The molecule has 1 aromatic heterocycles. The minimum Gasteiger partial charge on any atom is -0.362 e. The average molecular weight is 390 g/mol. The van der Waals surface area contributed by atoms with Crippen LogP contribution in [0.5, 0.6) is 0 Å². The van der Waals surface area contributed by atoms with E-state index in [0.717, 1.165) is 55.2 Å². The molecule has 0 unspecified atom stereocenters. The van der Waals surface area contributed by atoms with E-state index < -0.39 is 0 Å². The Morgan fingerprint density at radius 1 is 0.966 bits per heavy atom. The summed E-state index contributed by atoms with van der Waals surface area (Å²) >= 11 is 0. The number of amides is 2. The lowest BCUT2D eigenvalue weighted by atomic mass is 9.96. The lowest BCUT2D eigenvalue weighted by Crippen LogP contribution is -2.39. The number of imidazole rings is 1. The number of hydrogen-bond donors (Lipinski definition) is 2. The molecule has 0 bridgehead atoms. The Labute approximate surface area is 170 Å². The van der Waals surface area contributed by atoms with Crippen LogP contribution in [0, 0.1) is 0 Å². The first-order valence-corrected chi connectivity index (χ1v) is 10.6. The number of nitrogens with one attached hydrogen (secondary N) is 2. The monoisotopic (exact) mass is 389 g/mol. The highest BCUT2D eigenvalue weighted by Gasteiger charge is 2.20. The summed E-state index contributed by atoms with van der Waals surface area (Å²) in [5, 5.41) is 6.07. The van der Waals surface area contributed by atoms with Gasteiger partial charge in [-0.3, -0.25) is 0 Å². The molecule has 0 radical (unpaired) electrons. The lowest BCUT2D eigenvalue weighted by Gasteiger charge is -2.30. The van der Waals surface area contributed by atoms with E-state index in [1.54, 1.807) is 0 Å². The van der Waals surface area contributed by atoms with Gasteiger partial charge >= 0.3 is 6.03 Å². The Bertz CT molecular complexity index is 1000. The summed E-state index contributed by atoms with van der Waals surface area (Å²) in [4.78, 5) is 19.4. The molecular formula is C23H27N5O. The number of carbonyl (C=O) groups excluding carboxylic acids is 1. The summed E-state index contributed by atoms with van der Waals surface area (Å²) in [6.45, 7) is 2.67. The lowest BCUT2D eigenvalue weighted by molar-refractivity contribution is 0.244. The minimum absolute atomic E-state index is 0.101. The first-order valence-electron chi connectivity index (χ1n) is 10.6. The van der Waals surface area contributed by atoms with Crippen LogP contribution < -0.4 is 15.5 Å². The summed E-state index contributed by atoms with van der Waals surface area (Å²) in [5.41, 5.74) is 4.26. The van der Waals surface area contributed by atoms with E-state index in [9.17, 15) is 4.79 Å². The summed E-state index contributed by atoms with van der Waals surface area (Å²) in [7, 11) is 0. The number of nitrogens with zero attached hydrogens (tertiary/aromatic N) is 3. The van der Waals surface area contributed by atoms with Crippen LogP contribution in [0.3, 0.4) is 0 Å². The molecule has 0 spiro atoms. The van der Waals surface area contributed by atoms with E-state index in [-0.39, 0.29) is 6.03 Å². The van der Waals surface area contributed by atoms with Gasteiger partial charge in [0, 0.05) is 30.5 Å². The van der Waals surface area contributed by atoms with Gasteiger partial charge in [0.25, 0.3) is 0 Å². The molecule has 2 aliphatic rings. The normalized spacial score (nSPS) is 17.2. The Kier molecular flexibility index (Phi) is 4.84. The van der Waals surface area contributed by atoms with Crippen LogP contribution in [0.25, 0.3) is 11.0 Å². The second-order valence-electron chi connectivity index (χ2n) is 8.07. The van der Waals surface area contributed by atoms with E-state index in [4.69, 9.17) is 4.98 Å². The molecule has 1 fully saturated rings. The van der Waals surface area contributed by atoms with Gasteiger partial charge in [-0.2, -0.15) is 0 Å². The topological polar surface area (TPSA) is 62.2 Å². The maximum absolute atomic E-state index is 12.2. The van der Waals surface area contributed by atoms with Gasteiger partial charge in [-0.25, -0.2) is 9.78 Å². The molecule has 150 valence electrons. The van der Waals surface area contributed by atoms with Gasteiger partial charge in [0.15, 0.2) is 0 Å². The molecule has 1 aliphatic carbocycles. The highest BCUT2D eigenvalue weighted by atomic mass is 16.2. The zero-order valence-electron chi connectivity index (χ0n) is 16.6. The van der Waals surface area contributed by atoms with Gasteiger partial charge in [0.1, 0.15) is 5.82 Å². The van der Waals surface area contributed by atoms with Crippen molar-refractivity contribution >= 4 is 28.4 Å². The molecule has 1 aliphatic heterocycles. The van der Waals surface area contributed by atoms with E-state index in [1.807, 2.05) is 18.2 Å². The maximum Gasteiger partial charge on any atom is 0.319 e. The second kappa shape index (κ2) is 7.78. The van der Waals surface area contributed by atoms with Gasteiger partial charge in [0.2, 0.25) is 0 Å². The van der Waals surface area contributed by atoms with Crippen LogP contribution in [0.1, 0.15) is 37.9 Å². The largest absolute Gasteiger partial charge is 0.362 e. The molecule has 29 heavy (non-hydrogen) atoms. The van der Waals surface area contributed by atoms with Gasteiger partial charge < -0.3 is 20.1 Å². The molecule has 1 saturated carbocycles. The number of hydrogen-bond acceptors (Lipinski definition) is 3. The summed E-state index contributed by atoms with van der Waals surface area (Å²) in [6, 6.07) is 16.6. The Balaban J connectivity index is 1.23. The van der Waals surface area contributed by atoms with E-state index in [2.05, 4.69) is 50.4 Å². The minimum atomic E-state index is -0.101. The highest BCUT2D eigenvalue weighted by Crippen LogP contribution is 2.26. The summed E-state index contributed by atoms with van der Waals surface area (Å²) in [6.07, 6.45) is 5.89. The standard InChI is InChI=1S/C23H27N5O/c29-23(24-17-6-2-1-3-7-17)25-18-10-12-19(13-11-18)27-14-15-28-21-9-5-4-8-20(21)26-22(28)16-27/h4-5,8-13,17H,1-3,6-7,14-16H2,(H2,24,25,29). The molecule has 5 rings (SSSR count). The zero-order chi connectivity index (χ0) is 19.6. The van der Waals surface area contributed by atoms with Crippen LogP contribution in [0.2, 0.25) is 0 Å². The van der Waals surface area contributed by atoms with Crippen LogP contribution in [0.4, 0.5) is 16.2 Å². The highest BCUT2D eigenvalue weighted by molar-refractivity contribution is 5.89. The number of aromatic nitrogens is 2. The number of rotatable bonds is 3. The van der Waals surface area contributed by atoms with E-state index in [1.165, 1.54) is 24.8 Å². The van der Waals surface area contributed by atoms with Crippen molar-refractivity contribution in [1.29, 1.82) is 0 Å². The summed E-state index contributed by atoms with van der Waals surface area (Å²) in [5.74, 6) is 1.10. The predicted molar refractivity (Wildman–Crippen MR) is 116 cm³/mol. The van der Waals surface area contributed by atoms with Gasteiger partial charge in [-0.05, 0) is 49.2 Å². The van der Waals surface area contributed by atoms with Crippen molar-refractivity contribution in [3.8, 4) is 0 Å². The average Bonchev–Trinajstić information content (AvgIpc) is 3.13. The second-order valence-corrected chi connectivity index (χ2v) is 8.07. The van der Waals surface area contributed by atoms with Crippen LogP contribution in [0.15, 0.2) is 48.5 Å². The molecule has 0 atom stereocenters. The third-order valence-corrected chi connectivity index (χ3v) is 6.09. The Hall–Kier alpha value is -3.02. The maximum atomic E-state index is 12.2. The zero-order valence-corrected chi connectivity index (χ0v) is 16.6. The van der Waals surface area contributed by atoms with E-state index >= 15 is 0 Å². The SMILES string of the molecule is O=C(Nc1ccc(N2CCn3c(nc4ccccc43)C2)cc1)NC1CCCCC1. The molecule has 2 heterocycles. The predicted octanol–water partition coefficient (Wildman–Crippen LogP) is 4.51. The molecule has 6 nitrogen and oxygen atoms in total. The molecule has 2 amide bonds. The summed E-state index contributed by atoms with van der Waals surface area (Å²) < 4.78 is 2.32. The fourth-order valence-electron chi connectivity index (χ4n) is 4.54. The van der Waals surface area contributed by atoms with E-state index in [0.29, 0.717) is 6.04 Å². The fraction of sp³-hybridized carbons (Fsp3) is 0.391. The number of carbonyl (C=O) groups is 1. The third-order valence-electron chi connectivity index (χ3n) is 6.09. The Morgan fingerprint density at radius 3 is 2.59 bits per heavy atom. The smallest absolute Gasteiger partial charge is 0.319 e. The molecular weight excluding hydrogens is 362 g/mol. The van der Waals surface area contributed by atoms with Crippen LogP contribution >= 0.6 is 0 Å². The molecule has 3 aromatic rings. The first-order chi connectivity index (χ1) is 14.3. The third kappa shape index (κ3) is 3.79. The first kappa shape index (κ1) is 18.0. The fourth-order valence-corrected chi connectivity index (χ4v) is 4.54. The number of para-hydroxylation sites is 2. The number of benzene rings is 2. The molecule has 2 aromatic carbocycles. The molecule has 2 N–H and O–H groups in total. The van der Waals surface area contributed by atoms with Crippen molar-refractivity contribution in [2.45, 2.75) is 51.2 Å². The van der Waals surface area contributed by atoms with Crippen molar-refractivity contribution in [3.05, 3.63) is 54.4 Å². The van der Waals surface area contributed by atoms with Gasteiger partial charge in [-0.1, -0.05) is 31.4 Å². The van der Waals surface area contributed by atoms with Crippen molar-refractivity contribution in [2.24, 2.45) is 0 Å². The van der Waals surface area contributed by atoms with Gasteiger partial charge in [0.05, 0.1) is 17.6 Å². The van der Waals surface area contributed by atoms with Crippen molar-refractivity contribution in [2.75, 3.05) is 16.8 Å².